The molecule has 3 amide bonds. The van der Waals surface area contributed by atoms with Crippen LogP contribution in [0.5, 0.6) is 0 Å². The summed E-state index contributed by atoms with van der Waals surface area (Å²) in [5, 5.41) is 7.84. The summed E-state index contributed by atoms with van der Waals surface area (Å²) in [6, 6.07) is 17.2. The Labute approximate surface area is 270 Å². The minimum Gasteiger partial charge on any atom is -0.467 e. The maximum absolute atomic E-state index is 13.2. The minimum absolute atomic E-state index is 0.0214. The molecule has 0 saturated carbocycles. The van der Waals surface area contributed by atoms with Crippen LogP contribution in [0, 0.1) is 5.92 Å². The van der Waals surface area contributed by atoms with Crippen LogP contribution < -0.4 is 16.0 Å². The number of esters is 1. The highest BCUT2D eigenvalue weighted by molar-refractivity contribution is 7.52. The summed E-state index contributed by atoms with van der Waals surface area (Å²) in [7, 11) is -3.23. The van der Waals surface area contributed by atoms with Crippen LogP contribution in [0.1, 0.15) is 51.7 Å². The second kappa shape index (κ2) is 19.0. The molecule has 0 heterocycles. The lowest BCUT2D eigenvalue weighted by Crippen LogP contribution is -2.49. The van der Waals surface area contributed by atoms with Crippen LogP contribution in [0.3, 0.4) is 0 Å². The van der Waals surface area contributed by atoms with Gasteiger partial charge in [-0.25, -0.2) is 9.59 Å². The smallest absolute Gasteiger partial charge is 0.408 e. The van der Waals surface area contributed by atoms with Crippen molar-refractivity contribution < 1.29 is 47.4 Å². The quantitative estimate of drug-likeness (QED) is 0.0750. The van der Waals surface area contributed by atoms with E-state index in [1.54, 1.807) is 27.7 Å². The molecule has 0 aromatic heterocycles. The molecule has 13 nitrogen and oxygen atoms in total. The highest BCUT2D eigenvalue weighted by atomic mass is 31.2. The molecule has 0 radical (unpaired) electrons. The van der Waals surface area contributed by atoms with Gasteiger partial charge in [-0.15, -0.1) is 0 Å². The molecule has 0 spiro atoms. The molecule has 46 heavy (non-hydrogen) atoms. The number of rotatable bonds is 19. The molecule has 254 valence electrons. The lowest BCUT2D eigenvalue weighted by Gasteiger charge is -2.28. The van der Waals surface area contributed by atoms with Gasteiger partial charge >= 0.3 is 19.7 Å². The zero-order chi connectivity index (χ0) is 34.2. The number of benzene rings is 2. The molecule has 2 aromatic carbocycles. The standard InChI is InChI=1S/C32H46N3O10P/c1-23(21-46(40,41)45-27(30(38)42-5)16-17-28(34-22-36)44-32(2,3)4)19-33-29(37)26(18-24-12-8-6-9-13-24)35-31(39)43-20-25-14-10-7-11-15-25/h6-15,22-23,26-28H,16-21H2,1-5H3,(H,33,37)(H,34,36)(H,35,39)(H,40,41). The van der Waals surface area contributed by atoms with Crippen LogP contribution in [0.15, 0.2) is 60.7 Å². The third kappa shape index (κ3) is 15.5. The van der Waals surface area contributed by atoms with Gasteiger partial charge in [-0.2, -0.15) is 0 Å². The average molecular weight is 664 g/mol. The van der Waals surface area contributed by atoms with Crippen LogP contribution in [0.2, 0.25) is 0 Å². The first-order valence-electron chi connectivity index (χ1n) is 15.0. The Kier molecular flexibility index (Phi) is 15.9. The summed E-state index contributed by atoms with van der Waals surface area (Å²) in [5.74, 6) is -1.93. The fraction of sp³-hybridized carbons (Fsp3) is 0.500. The van der Waals surface area contributed by atoms with Crippen LogP contribution in [-0.4, -0.2) is 73.1 Å². The van der Waals surface area contributed by atoms with Gasteiger partial charge in [-0.1, -0.05) is 67.6 Å². The first-order chi connectivity index (χ1) is 21.7. The van der Waals surface area contributed by atoms with Gasteiger partial charge in [0.25, 0.3) is 0 Å². The molecule has 0 aliphatic carbocycles. The number of hydrogen-bond acceptors (Lipinski definition) is 9. The van der Waals surface area contributed by atoms with Gasteiger partial charge in [0.1, 0.15) is 18.9 Å². The largest absolute Gasteiger partial charge is 0.467 e. The SMILES string of the molecule is COC(=O)C(CCC(NC=O)OC(C)(C)C)OP(=O)(O)CC(C)CNC(=O)C(Cc1ccccc1)NC(=O)OCc1ccccc1. The lowest BCUT2D eigenvalue weighted by molar-refractivity contribution is -0.150. The zero-order valence-electron chi connectivity index (χ0n) is 27.0. The van der Waals surface area contributed by atoms with Gasteiger partial charge in [0.05, 0.1) is 18.9 Å². The molecule has 2 rings (SSSR count). The van der Waals surface area contributed by atoms with Gasteiger partial charge < -0.3 is 35.1 Å². The topological polar surface area (TPSA) is 179 Å². The van der Waals surface area contributed by atoms with E-state index in [9.17, 15) is 28.6 Å². The number of amides is 3. The van der Waals surface area contributed by atoms with Crippen LogP contribution >= 0.6 is 7.60 Å². The van der Waals surface area contributed by atoms with Gasteiger partial charge in [0.15, 0.2) is 6.10 Å². The van der Waals surface area contributed by atoms with Gasteiger partial charge in [0, 0.05) is 13.0 Å². The van der Waals surface area contributed by atoms with Crippen LogP contribution in [-0.2, 0) is 50.7 Å². The van der Waals surface area contributed by atoms with E-state index in [2.05, 4.69) is 16.0 Å². The Morgan fingerprint density at radius 3 is 2.15 bits per heavy atom. The summed E-state index contributed by atoms with van der Waals surface area (Å²) in [6.45, 7) is 7.02. The van der Waals surface area contributed by atoms with Gasteiger partial charge in [-0.05, 0) is 50.7 Å². The van der Waals surface area contributed by atoms with Crippen LogP contribution in [0.4, 0.5) is 4.79 Å². The molecule has 2 aromatic rings. The molecule has 0 fully saturated rings. The molecule has 0 bridgehead atoms. The Balaban J connectivity index is 1.99. The summed E-state index contributed by atoms with van der Waals surface area (Å²) in [4.78, 5) is 59.8. The fourth-order valence-electron chi connectivity index (χ4n) is 4.39. The normalized spacial score (nSPS) is 15.3. The Morgan fingerprint density at radius 2 is 1.59 bits per heavy atom. The molecular weight excluding hydrogens is 617 g/mol. The highest BCUT2D eigenvalue weighted by Crippen LogP contribution is 2.46. The Bertz CT molecular complexity index is 1290. The fourth-order valence-corrected chi connectivity index (χ4v) is 5.98. The van der Waals surface area contributed by atoms with Crippen molar-refractivity contribution >= 4 is 32.0 Å². The number of carbonyl (C=O) groups excluding carboxylic acids is 4. The minimum atomic E-state index is -4.36. The lowest BCUT2D eigenvalue weighted by atomic mass is 10.1. The summed E-state index contributed by atoms with van der Waals surface area (Å²) in [6.07, 6.45) is -2.65. The van der Waals surface area contributed by atoms with E-state index in [0.717, 1.165) is 18.2 Å². The van der Waals surface area contributed by atoms with E-state index in [0.29, 0.717) is 6.41 Å². The zero-order valence-corrected chi connectivity index (χ0v) is 27.9. The summed E-state index contributed by atoms with van der Waals surface area (Å²) in [5.41, 5.74) is 0.989. The van der Waals surface area contributed by atoms with Crippen LogP contribution in [0.25, 0.3) is 0 Å². The highest BCUT2D eigenvalue weighted by Gasteiger charge is 2.33. The molecule has 4 N–H and O–H groups in total. The van der Waals surface area contributed by atoms with Crippen molar-refractivity contribution in [1.29, 1.82) is 0 Å². The molecule has 5 atom stereocenters. The van der Waals surface area contributed by atoms with E-state index in [1.165, 1.54) is 0 Å². The summed E-state index contributed by atoms with van der Waals surface area (Å²) < 4.78 is 34.2. The average Bonchev–Trinajstić information content (AvgIpc) is 3.00. The van der Waals surface area contributed by atoms with Crippen molar-refractivity contribution in [2.75, 3.05) is 19.8 Å². The number of alkyl carbamates (subject to hydrolysis) is 1. The number of carbonyl (C=O) groups is 4. The number of hydrogen-bond donors (Lipinski definition) is 4. The van der Waals surface area contributed by atoms with Gasteiger partial charge in [-0.3, -0.25) is 18.7 Å². The third-order valence-corrected chi connectivity index (χ3v) is 8.14. The monoisotopic (exact) mass is 663 g/mol. The van der Waals surface area contributed by atoms with Crippen molar-refractivity contribution in [2.45, 2.75) is 77.5 Å². The van der Waals surface area contributed by atoms with Gasteiger partial charge in [0.2, 0.25) is 12.3 Å². The Hall–Kier alpha value is -3.77. The second-order valence-electron chi connectivity index (χ2n) is 11.8. The van der Waals surface area contributed by atoms with E-state index in [1.807, 2.05) is 60.7 Å². The number of ether oxygens (including phenoxy) is 3. The van der Waals surface area contributed by atoms with Crippen molar-refractivity contribution in [1.82, 2.24) is 16.0 Å². The molecular formula is C32H46N3O10P. The first-order valence-corrected chi connectivity index (χ1v) is 16.7. The number of nitrogens with one attached hydrogen (secondary N) is 3. The van der Waals surface area contributed by atoms with E-state index < -0.39 is 55.5 Å². The molecule has 0 aliphatic rings. The van der Waals surface area contributed by atoms with E-state index in [4.69, 9.17) is 18.7 Å². The molecule has 5 unspecified atom stereocenters. The van der Waals surface area contributed by atoms with Crippen molar-refractivity contribution in [3.8, 4) is 0 Å². The molecule has 14 heteroatoms. The summed E-state index contributed by atoms with van der Waals surface area (Å²) >= 11 is 0. The van der Waals surface area contributed by atoms with E-state index in [-0.39, 0.29) is 38.6 Å². The maximum atomic E-state index is 13.2. The predicted molar refractivity (Wildman–Crippen MR) is 171 cm³/mol. The predicted octanol–water partition coefficient (Wildman–Crippen LogP) is 3.69. The Morgan fingerprint density at radius 1 is 0.978 bits per heavy atom. The van der Waals surface area contributed by atoms with Crippen molar-refractivity contribution in [2.24, 2.45) is 5.92 Å². The molecule has 0 aliphatic heterocycles. The van der Waals surface area contributed by atoms with Crippen molar-refractivity contribution in [3.05, 3.63) is 71.8 Å². The van der Waals surface area contributed by atoms with E-state index >= 15 is 0 Å². The third-order valence-electron chi connectivity index (χ3n) is 6.47. The molecule has 0 saturated heterocycles. The number of methoxy groups -OCH3 is 1. The second-order valence-corrected chi connectivity index (χ2v) is 13.7. The maximum Gasteiger partial charge on any atom is 0.408 e. The first kappa shape index (κ1) is 38.4. The van der Waals surface area contributed by atoms with Crippen molar-refractivity contribution in [3.63, 3.8) is 0 Å².